The zero-order chi connectivity index (χ0) is 22.2. The Kier molecular flexibility index (Phi) is 6.18. The van der Waals surface area contributed by atoms with Crippen molar-refractivity contribution in [3.05, 3.63) is 41.2 Å². The number of hydrogen-bond acceptors (Lipinski definition) is 7. The van der Waals surface area contributed by atoms with E-state index in [0.29, 0.717) is 31.0 Å². The lowest BCUT2D eigenvalue weighted by Crippen LogP contribution is -2.47. The number of piperidine rings is 1. The van der Waals surface area contributed by atoms with Crippen LogP contribution in [0.15, 0.2) is 30.6 Å². The van der Waals surface area contributed by atoms with Crippen molar-refractivity contribution in [1.82, 2.24) is 15.3 Å². The van der Waals surface area contributed by atoms with Gasteiger partial charge in [-0.05, 0) is 37.5 Å². The van der Waals surface area contributed by atoms with Gasteiger partial charge in [-0.1, -0.05) is 17.7 Å². The summed E-state index contributed by atoms with van der Waals surface area (Å²) in [7, 11) is -3.30. The molecule has 166 valence electrons. The Balaban J connectivity index is 1.41. The lowest BCUT2D eigenvalue weighted by atomic mass is 9.95. The SMILES string of the molecule is Cc1cccnc1-c1cc(N2CCC(C(=O)N[C@@H]3CS(=O)(=O)C[C@H]3O)CC2)ncc1Cl. The summed E-state index contributed by atoms with van der Waals surface area (Å²) < 4.78 is 23.3. The maximum Gasteiger partial charge on any atom is 0.223 e. The molecule has 0 spiro atoms. The summed E-state index contributed by atoms with van der Waals surface area (Å²) in [6.07, 6.45) is 3.55. The normalized spacial score (nSPS) is 23.6. The molecule has 0 saturated carbocycles. The number of nitrogens with zero attached hydrogens (tertiary/aromatic N) is 3. The van der Waals surface area contributed by atoms with Crippen molar-refractivity contribution in [1.29, 1.82) is 0 Å². The van der Waals surface area contributed by atoms with E-state index in [-0.39, 0.29) is 23.3 Å². The predicted molar refractivity (Wildman–Crippen MR) is 119 cm³/mol. The first-order valence-corrected chi connectivity index (χ1v) is 12.4. The van der Waals surface area contributed by atoms with Crippen LogP contribution in [0, 0.1) is 12.8 Å². The fourth-order valence-electron chi connectivity index (χ4n) is 4.19. The molecule has 2 saturated heterocycles. The number of pyridine rings is 2. The van der Waals surface area contributed by atoms with E-state index in [0.717, 1.165) is 22.6 Å². The number of aliphatic hydroxyl groups is 1. The second-order valence-corrected chi connectivity index (χ2v) is 10.8. The fraction of sp³-hybridized carbons (Fsp3) is 0.476. The Hall–Kier alpha value is -2.23. The molecule has 10 heteroatoms. The quantitative estimate of drug-likeness (QED) is 0.706. The number of aliphatic hydroxyl groups excluding tert-OH is 1. The van der Waals surface area contributed by atoms with Crippen LogP contribution in [0.25, 0.3) is 11.3 Å². The van der Waals surface area contributed by atoms with Gasteiger partial charge in [-0.25, -0.2) is 13.4 Å². The van der Waals surface area contributed by atoms with E-state index in [2.05, 4.69) is 20.2 Å². The number of anilines is 1. The summed E-state index contributed by atoms with van der Waals surface area (Å²) in [6, 6.07) is 5.07. The maximum atomic E-state index is 12.6. The van der Waals surface area contributed by atoms with Crippen LogP contribution in [0.3, 0.4) is 0 Å². The van der Waals surface area contributed by atoms with Gasteiger partial charge in [0.25, 0.3) is 0 Å². The molecular formula is C21H25ClN4O4S. The zero-order valence-electron chi connectivity index (χ0n) is 17.2. The smallest absolute Gasteiger partial charge is 0.223 e. The molecule has 8 nitrogen and oxygen atoms in total. The molecule has 4 heterocycles. The molecule has 2 fully saturated rings. The molecule has 4 rings (SSSR count). The minimum absolute atomic E-state index is 0.199. The van der Waals surface area contributed by atoms with E-state index in [9.17, 15) is 18.3 Å². The molecule has 1 amide bonds. The second-order valence-electron chi connectivity index (χ2n) is 8.21. The number of rotatable bonds is 4. The highest BCUT2D eigenvalue weighted by atomic mass is 35.5. The first-order valence-electron chi connectivity index (χ1n) is 10.2. The van der Waals surface area contributed by atoms with Crippen molar-refractivity contribution in [2.45, 2.75) is 31.9 Å². The molecule has 0 aliphatic carbocycles. The zero-order valence-corrected chi connectivity index (χ0v) is 18.7. The number of halogens is 1. The Labute approximate surface area is 186 Å². The number of aromatic nitrogens is 2. The third-order valence-corrected chi connectivity index (χ3v) is 7.96. The average molecular weight is 465 g/mol. The van der Waals surface area contributed by atoms with Gasteiger partial charge in [0.2, 0.25) is 5.91 Å². The van der Waals surface area contributed by atoms with Crippen molar-refractivity contribution < 1.29 is 18.3 Å². The monoisotopic (exact) mass is 464 g/mol. The summed E-state index contributed by atoms with van der Waals surface area (Å²) in [5, 5.41) is 13.2. The van der Waals surface area contributed by atoms with Crippen molar-refractivity contribution >= 4 is 33.2 Å². The van der Waals surface area contributed by atoms with E-state index >= 15 is 0 Å². The van der Waals surface area contributed by atoms with E-state index < -0.39 is 22.0 Å². The number of hydrogen-bond donors (Lipinski definition) is 2. The van der Waals surface area contributed by atoms with E-state index in [1.165, 1.54) is 0 Å². The van der Waals surface area contributed by atoms with E-state index in [1.807, 2.05) is 25.1 Å². The Morgan fingerprint density at radius 1 is 1.26 bits per heavy atom. The fourth-order valence-corrected chi connectivity index (χ4v) is 6.12. The molecule has 0 bridgehead atoms. The van der Waals surface area contributed by atoms with Gasteiger partial charge in [-0.3, -0.25) is 9.78 Å². The lowest BCUT2D eigenvalue weighted by molar-refractivity contribution is -0.126. The Morgan fingerprint density at radius 2 is 2.00 bits per heavy atom. The molecule has 2 aliphatic rings. The van der Waals surface area contributed by atoms with E-state index in [4.69, 9.17) is 11.6 Å². The topological polar surface area (TPSA) is 112 Å². The highest BCUT2D eigenvalue weighted by Crippen LogP contribution is 2.32. The molecule has 2 aromatic heterocycles. The molecule has 2 aliphatic heterocycles. The summed E-state index contributed by atoms with van der Waals surface area (Å²) >= 11 is 6.38. The molecule has 2 atom stereocenters. The van der Waals surface area contributed by atoms with Gasteiger partial charge in [0.05, 0.1) is 34.4 Å². The maximum absolute atomic E-state index is 12.6. The van der Waals surface area contributed by atoms with Crippen LogP contribution in [0.1, 0.15) is 18.4 Å². The van der Waals surface area contributed by atoms with Crippen LogP contribution in [-0.2, 0) is 14.6 Å². The summed E-state index contributed by atoms with van der Waals surface area (Å²) in [6.45, 7) is 3.26. The third kappa shape index (κ3) is 4.83. The minimum Gasteiger partial charge on any atom is -0.390 e. The first kappa shape index (κ1) is 22.0. The van der Waals surface area contributed by atoms with Gasteiger partial charge in [0.15, 0.2) is 9.84 Å². The van der Waals surface area contributed by atoms with Crippen LogP contribution in [0.5, 0.6) is 0 Å². The largest absolute Gasteiger partial charge is 0.390 e. The predicted octanol–water partition coefficient (Wildman–Crippen LogP) is 1.60. The average Bonchev–Trinajstić information content (AvgIpc) is 3.00. The molecule has 0 unspecified atom stereocenters. The van der Waals surface area contributed by atoms with Gasteiger partial charge in [0, 0.05) is 37.0 Å². The molecule has 0 aromatic carbocycles. The Bertz CT molecular complexity index is 1090. The molecule has 2 N–H and O–H groups in total. The van der Waals surface area contributed by atoms with E-state index in [1.54, 1.807) is 12.4 Å². The Morgan fingerprint density at radius 3 is 2.65 bits per heavy atom. The molecular weight excluding hydrogens is 440 g/mol. The van der Waals surface area contributed by atoms with Crippen molar-refractivity contribution in [2.24, 2.45) is 5.92 Å². The van der Waals surface area contributed by atoms with Crippen LogP contribution in [0.4, 0.5) is 5.82 Å². The van der Waals surface area contributed by atoms with Crippen LogP contribution in [0.2, 0.25) is 5.02 Å². The van der Waals surface area contributed by atoms with Gasteiger partial charge in [0.1, 0.15) is 5.82 Å². The second kappa shape index (κ2) is 8.72. The van der Waals surface area contributed by atoms with Crippen LogP contribution in [-0.4, -0.2) is 66.1 Å². The van der Waals surface area contributed by atoms with Crippen molar-refractivity contribution in [3.8, 4) is 11.3 Å². The number of carbonyl (C=O) groups is 1. The summed E-state index contributed by atoms with van der Waals surface area (Å²) in [5.74, 6) is -0.147. The molecule has 0 radical (unpaired) electrons. The molecule has 2 aromatic rings. The highest BCUT2D eigenvalue weighted by molar-refractivity contribution is 7.91. The number of nitrogens with one attached hydrogen (secondary N) is 1. The van der Waals surface area contributed by atoms with Gasteiger partial charge in [-0.2, -0.15) is 0 Å². The number of sulfone groups is 1. The van der Waals surface area contributed by atoms with Gasteiger partial charge >= 0.3 is 0 Å². The van der Waals surface area contributed by atoms with Gasteiger partial charge in [-0.15, -0.1) is 0 Å². The number of aryl methyl sites for hydroxylation is 1. The van der Waals surface area contributed by atoms with Gasteiger partial charge < -0.3 is 15.3 Å². The lowest BCUT2D eigenvalue weighted by Gasteiger charge is -2.33. The third-order valence-electron chi connectivity index (χ3n) is 5.95. The van der Waals surface area contributed by atoms with Crippen LogP contribution >= 0.6 is 11.6 Å². The first-order chi connectivity index (χ1) is 14.7. The van der Waals surface area contributed by atoms with Crippen LogP contribution < -0.4 is 10.2 Å². The standard InChI is InChI=1S/C21H25ClN4O4S/c1-13-3-2-6-23-20(13)15-9-19(24-10-16(15)22)26-7-4-14(5-8-26)21(28)25-17-11-31(29,30)12-18(17)27/h2-3,6,9-10,14,17-18,27H,4-5,7-8,11-12H2,1H3,(H,25,28)/t17-,18-/m1/s1. The summed E-state index contributed by atoms with van der Waals surface area (Å²) in [4.78, 5) is 23.6. The number of carbonyl (C=O) groups excluding carboxylic acids is 1. The molecule has 31 heavy (non-hydrogen) atoms. The van der Waals surface area contributed by atoms with Crippen molar-refractivity contribution in [3.63, 3.8) is 0 Å². The van der Waals surface area contributed by atoms with Crippen molar-refractivity contribution in [2.75, 3.05) is 29.5 Å². The minimum atomic E-state index is -3.30. The summed E-state index contributed by atoms with van der Waals surface area (Å²) in [5.41, 5.74) is 2.66. The number of amides is 1. The highest BCUT2D eigenvalue weighted by Gasteiger charge is 2.38.